The number of carbonyl (C=O) groups is 2. The number of carbonyl (C=O) groups excluding carboxylic acids is 2. The van der Waals surface area contributed by atoms with Crippen molar-refractivity contribution in [2.45, 2.75) is 12.8 Å². The number of benzene rings is 3. The molecule has 5 rings (SSSR count). The second-order valence-electron chi connectivity index (χ2n) is 7.92. The minimum atomic E-state index is -0.280. The second kappa shape index (κ2) is 9.49. The van der Waals surface area contributed by atoms with Crippen molar-refractivity contribution in [1.29, 1.82) is 0 Å². The van der Waals surface area contributed by atoms with E-state index in [-0.39, 0.29) is 18.3 Å². The molecule has 7 heteroatoms. The number of thiazole rings is 1. The maximum atomic E-state index is 13.0. The third-order valence-electron chi connectivity index (χ3n) is 5.62. The van der Waals surface area contributed by atoms with E-state index < -0.39 is 0 Å². The van der Waals surface area contributed by atoms with E-state index >= 15 is 0 Å². The molecule has 1 amide bonds. The van der Waals surface area contributed by atoms with Crippen molar-refractivity contribution in [1.82, 2.24) is 4.98 Å². The highest BCUT2D eigenvalue weighted by Crippen LogP contribution is 2.30. The quantitative estimate of drug-likeness (QED) is 0.375. The molecular formula is C27H22N2O4S. The van der Waals surface area contributed by atoms with E-state index in [4.69, 9.17) is 9.47 Å². The van der Waals surface area contributed by atoms with Crippen LogP contribution in [0.5, 0.6) is 11.5 Å². The summed E-state index contributed by atoms with van der Waals surface area (Å²) in [5.41, 5.74) is 4.19. The number of allylic oxidation sites excluding steroid dienone is 1. The van der Waals surface area contributed by atoms with Crippen LogP contribution in [-0.2, 0) is 11.2 Å². The lowest BCUT2D eigenvalue weighted by molar-refractivity contribution is -0.118. The Morgan fingerprint density at radius 2 is 1.94 bits per heavy atom. The van der Waals surface area contributed by atoms with E-state index in [2.05, 4.69) is 10.3 Å². The molecule has 1 aliphatic rings. The lowest BCUT2D eigenvalue weighted by atomic mass is 9.86. The summed E-state index contributed by atoms with van der Waals surface area (Å²) in [4.78, 5) is 29.7. The highest BCUT2D eigenvalue weighted by molar-refractivity contribution is 7.22. The molecule has 1 aromatic heterocycles. The van der Waals surface area contributed by atoms with Crippen LogP contribution < -0.4 is 14.8 Å². The van der Waals surface area contributed by atoms with E-state index in [0.717, 1.165) is 44.7 Å². The molecule has 4 aromatic rings. The summed E-state index contributed by atoms with van der Waals surface area (Å²) in [6.45, 7) is -0.135. The minimum absolute atomic E-state index is 0.0328. The van der Waals surface area contributed by atoms with E-state index in [1.165, 1.54) is 11.3 Å². The van der Waals surface area contributed by atoms with Gasteiger partial charge >= 0.3 is 0 Å². The van der Waals surface area contributed by atoms with Crippen molar-refractivity contribution in [3.63, 3.8) is 0 Å². The van der Waals surface area contributed by atoms with Gasteiger partial charge in [-0.15, -0.1) is 0 Å². The first-order valence-electron chi connectivity index (χ1n) is 10.9. The van der Waals surface area contributed by atoms with Gasteiger partial charge in [0, 0.05) is 11.1 Å². The lowest BCUT2D eigenvalue weighted by Crippen LogP contribution is -2.20. The highest BCUT2D eigenvalue weighted by Gasteiger charge is 2.22. The van der Waals surface area contributed by atoms with E-state index in [9.17, 15) is 9.59 Å². The fourth-order valence-electron chi connectivity index (χ4n) is 3.94. The molecule has 170 valence electrons. The molecule has 1 aliphatic carbocycles. The van der Waals surface area contributed by atoms with Crippen molar-refractivity contribution in [2.24, 2.45) is 0 Å². The first-order chi connectivity index (χ1) is 16.6. The van der Waals surface area contributed by atoms with Gasteiger partial charge in [-0.05, 0) is 72.5 Å². The summed E-state index contributed by atoms with van der Waals surface area (Å²) >= 11 is 1.42. The van der Waals surface area contributed by atoms with Crippen molar-refractivity contribution in [3.05, 3.63) is 89.0 Å². The minimum Gasteiger partial charge on any atom is -0.497 e. The molecule has 0 radical (unpaired) electrons. The predicted octanol–water partition coefficient (Wildman–Crippen LogP) is 5.53. The second-order valence-corrected chi connectivity index (χ2v) is 8.95. The molecule has 0 bridgehead atoms. The van der Waals surface area contributed by atoms with Gasteiger partial charge in [-0.25, -0.2) is 4.98 Å². The molecule has 0 saturated heterocycles. The van der Waals surface area contributed by atoms with Crippen LogP contribution in [0, 0.1) is 0 Å². The zero-order valence-corrected chi connectivity index (χ0v) is 19.4. The van der Waals surface area contributed by atoms with Crippen LogP contribution in [0.25, 0.3) is 16.3 Å². The maximum Gasteiger partial charge on any atom is 0.264 e. The van der Waals surface area contributed by atoms with Crippen molar-refractivity contribution in [3.8, 4) is 11.5 Å². The number of nitrogens with one attached hydrogen (secondary N) is 1. The Labute approximate surface area is 200 Å². The van der Waals surface area contributed by atoms with Crippen LogP contribution in [0.3, 0.4) is 0 Å². The Morgan fingerprint density at radius 3 is 2.79 bits per heavy atom. The molecular weight excluding hydrogens is 448 g/mol. The molecule has 34 heavy (non-hydrogen) atoms. The van der Waals surface area contributed by atoms with Crippen LogP contribution in [0.2, 0.25) is 0 Å². The number of aryl methyl sites for hydroxylation is 1. The number of amides is 1. The molecule has 1 N–H and O–H groups in total. The fraction of sp³-hybridized carbons (Fsp3) is 0.148. The first-order valence-corrected chi connectivity index (χ1v) is 11.7. The molecule has 0 unspecified atom stereocenters. The number of hydrogen-bond donors (Lipinski definition) is 1. The molecule has 0 spiro atoms. The average molecular weight is 471 g/mol. The van der Waals surface area contributed by atoms with Crippen molar-refractivity contribution < 1.29 is 19.1 Å². The lowest BCUT2D eigenvalue weighted by Gasteiger charge is -2.18. The monoisotopic (exact) mass is 470 g/mol. The number of para-hydroxylation sites is 1. The molecule has 1 heterocycles. The maximum absolute atomic E-state index is 13.0. The summed E-state index contributed by atoms with van der Waals surface area (Å²) in [5.74, 6) is 1.07. The SMILES string of the molecule is COc1ccc2c(c1)CC/C(=C\c1cccc(OCC(=O)Nc3nc4ccccc4s3)c1)C2=O. The number of rotatable bonds is 6. The van der Waals surface area contributed by atoms with E-state index in [1.807, 2.05) is 66.7 Å². The predicted molar refractivity (Wildman–Crippen MR) is 134 cm³/mol. The number of Topliss-reactive ketones (excluding diaryl/α,β-unsaturated/α-hetero) is 1. The smallest absolute Gasteiger partial charge is 0.264 e. The van der Waals surface area contributed by atoms with Crippen LogP contribution in [0.15, 0.2) is 72.3 Å². The third-order valence-corrected chi connectivity index (χ3v) is 6.57. The summed E-state index contributed by atoms with van der Waals surface area (Å²) in [6, 6.07) is 20.7. The van der Waals surface area contributed by atoms with Gasteiger partial charge < -0.3 is 9.47 Å². The van der Waals surface area contributed by atoms with Gasteiger partial charge in [0.2, 0.25) is 0 Å². The van der Waals surface area contributed by atoms with Gasteiger partial charge in [-0.1, -0.05) is 35.6 Å². The first kappa shape index (κ1) is 21.9. The van der Waals surface area contributed by atoms with Gasteiger partial charge in [0.25, 0.3) is 5.91 Å². The number of fused-ring (bicyclic) bond motifs is 2. The van der Waals surface area contributed by atoms with E-state index in [0.29, 0.717) is 17.3 Å². The summed E-state index contributed by atoms with van der Waals surface area (Å²) in [7, 11) is 1.62. The molecule has 3 aromatic carbocycles. The number of methoxy groups -OCH3 is 1. The van der Waals surface area contributed by atoms with Crippen LogP contribution in [0.4, 0.5) is 5.13 Å². The number of anilines is 1. The topological polar surface area (TPSA) is 77.5 Å². The molecule has 0 fully saturated rings. The number of hydrogen-bond acceptors (Lipinski definition) is 6. The molecule has 0 aliphatic heterocycles. The number of aromatic nitrogens is 1. The Bertz CT molecular complexity index is 1390. The standard InChI is InChI=1S/C27H22N2O4S/c1-32-20-11-12-22-18(15-20)9-10-19(26(22)31)13-17-5-4-6-21(14-17)33-16-25(30)29-27-28-23-7-2-3-8-24(23)34-27/h2-8,11-15H,9-10,16H2,1H3,(H,28,29,30)/b19-13+. The zero-order chi connectivity index (χ0) is 23.5. The summed E-state index contributed by atoms with van der Waals surface area (Å²) < 4.78 is 12.0. The highest BCUT2D eigenvalue weighted by atomic mass is 32.1. The number of ketones is 1. The van der Waals surface area contributed by atoms with Crippen molar-refractivity contribution >= 4 is 44.5 Å². The number of ether oxygens (including phenoxy) is 2. The summed E-state index contributed by atoms with van der Waals surface area (Å²) in [6.07, 6.45) is 3.34. The fourth-order valence-corrected chi connectivity index (χ4v) is 4.83. The van der Waals surface area contributed by atoms with E-state index in [1.54, 1.807) is 13.2 Å². The Kier molecular flexibility index (Phi) is 6.10. The van der Waals surface area contributed by atoms with Gasteiger partial charge in [0.1, 0.15) is 11.5 Å². The average Bonchev–Trinajstić information content (AvgIpc) is 3.27. The normalized spacial score (nSPS) is 14.1. The van der Waals surface area contributed by atoms with Crippen LogP contribution in [0.1, 0.15) is 27.9 Å². The van der Waals surface area contributed by atoms with Crippen LogP contribution in [-0.4, -0.2) is 30.4 Å². The van der Waals surface area contributed by atoms with Gasteiger partial charge in [-0.3, -0.25) is 14.9 Å². The van der Waals surface area contributed by atoms with Crippen LogP contribution >= 0.6 is 11.3 Å². The zero-order valence-electron chi connectivity index (χ0n) is 18.5. The largest absolute Gasteiger partial charge is 0.497 e. The third kappa shape index (κ3) is 4.70. The van der Waals surface area contributed by atoms with Gasteiger partial charge in [-0.2, -0.15) is 0 Å². The Balaban J connectivity index is 1.24. The molecule has 0 saturated carbocycles. The van der Waals surface area contributed by atoms with Gasteiger partial charge in [0.05, 0.1) is 17.3 Å². The van der Waals surface area contributed by atoms with Gasteiger partial charge in [0.15, 0.2) is 17.5 Å². The summed E-state index contributed by atoms with van der Waals surface area (Å²) in [5, 5.41) is 3.33. The Morgan fingerprint density at radius 1 is 1.06 bits per heavy atom. The molecule has 0 atom stereocenters. The molecule has 6 nitrogen and oxygen atoms in total. The van der Waals surface area contributed by atoms with Crippen molar-refractivity contribution in [2.75, 3.05) is 19.0 Å². The number of nitrogens with zero attached hydrogens (tertiary/aromatic N) is 1. The Hall–Kier alpha value is -3.97.